The van der Waals surface area contributed by atoms with E-state index in [4.69, 9.17) is 14.6 Å². The van der Waals surface area contributed by atoms with Crippen LogP contribution in [0.3, 0.4) is 0 Å². The van der Waals surface area contributed by atoms with Gasteiger partial charge in [0.1, 0.15) is 23.9 Å². The van der Waals surface area contributed by atoms with Gasteiger partial charge in [-0.05, 0) is 6.92 Å². The fraction of sp³-hybridized carbons (Fsp3) is 0.562. The SMILES string of the molecule is COCCn1c(C(=O)OC)cnc1CO.COCCn1ccnc1C. The summed E-state index contributed by atoms with van der Waals surface area (Å²) in [6.45, 7) is 4.29. The van der Waals surface area contributed by atoms with E-state index in [0.29, 0.717) is 24.7 Å². The highest BCUT2D eigenvalue weighted by Crippen LogP contribution is 2.07. The summed E-state index contributed by atoms with van der Waals surface area (Å²) in [5, 5.41) is 9.01. The molecule has 0 radical (unpaired) electrons. The maximum absolute atomic E-state index is 11.3. The second kappa shape index (κ2) is 11.3. The van der Waals surface area contributed by atoms with Crippen LogP contribution in [0.15, 0.2) is 18.6 Å². The third-order valence-electron chi connectivity index (χ3n) is 3.45. The van der Waals surface area contributed by atoms with Crippen molar-refractivity contribution in [1.82, 2.24) is 19.1 Å². The first-order chi connectivity index (χ1) is 12.1. The maximum atomic E-state index is 11.3. The Bertz CT molecular complexity index is 638. The van der Waals surface area contributed by atoms with Crippen molar-refractivity contribution in [1.29, 1.82) is 0 Å². The molecular formula is C16H26N4O5. The lowest BCUT2D eigenvalue weighted by Crippen LogP contribution is -2.15. The van der Waals surface area contributed by atoms with Crippen LogP contribution in [0.1, 0.15) is 22.1 Å². The summed E-state index contributed by atoms with van der Waals surface area (Å²) >= 11 is 0. The molecule has 1 N–H and O–H groups in total. The highest BCUT2D eigenvalue weighted by molar-refractivity contribution is 5.87. The van der Waals surface area contributed by atoms with Gasteiger partial charge in [0.05, 0.1) is 26.5 Å². The molecule has 0 amide bonds. The minimum Gasteiger partial charge on any atom is -0.464 e. The van der Waals surface area contributed by atoms with E-state index in [2.05, 4.69) is 19.3 Å². The van der Waals surface area contributed by atoms with Crippen molar-refractivity contribution in [3.05, 3.63) is 35.9 Å². The van der Waals surface area contributed by atoms with Gasteiger partial charge in [0.2, 0.25) is 0 Å². The van der Waals surface area contributed by atoms with E-state index in [1.54, 1.807) is 25.0 Å². The molecule has 25 heavy (non-hydrogen) atoms. The average molecular weight is 354 g/mol. The molecule has 0 aliphatic rings. The quantitative estimate of drug-likeness (QED) is 0.695. The van der Waals surface area contributed by atoms with Crippen molar-refractivity contribution in [2.45, 2.75) is 26.6 Å². The number of imidazole rings is 2. The largest absolute Gasteiger partial charge is 0.464 e. The number of nitrogens with zero attached hydrogens (tertiary/aromatic N) is 4. The van der Waals surface area contributed by atoms with Crippen LogP contribution in [0.4, 0.5) is 0 Å². The Morgan fingerprint density at radius 1 is 1.16 bits per heavy atom. The monoisotopic (exact) mass is 354 g/mol. The second-order valence-corrected chi connectivity index (χ2v) is 5.01. The number of carbonyl (C=O) groups is 1. The first-order valence-electron chi connectivity index (χ1n) is 7.78. The number of aromatic nitrogens is 4. The first kappa shape index (κ1) is 20.8. The molecule has 2 rings (SSSR count). The minimum atomic E-state index is -0.474. The molecule has 0 aliphatic carbocycles. The fourth-order valence-electron chi connectivity index (χ4n) is 2.07. The molecule has 0 aliphatic heterocycles. The van der Waals surface area contributed by atoms with Gasteiger partial charge in [-0.25, -0.2) is 14.8 Å². The Morgan fingerprint density at radius 2 is 1.84 bits per heavy atom. The van der Waals surface area contributed by atoms with Crippen LogP contribution in [-0.2, 0) is 33.9 Å². The standard InChI is InChI=1S/C9H14N2O4.C7H12N2O/c1-14-4-3-11-7(9(13)15-2)5-10-8(11)6-12;1-7-8-3-4-9(7)5-6-10-2/h5,12H,3-4,6H2,1-2H3;3-4H,5-6H2,1-2H3. The topological polar surface area (TPSA) is 101 Å². The summed E-state index contributed by atoms with van der Waals surface area (Å²) in [6.07, 6.45) is 5.13. The number of hydrogen-bond acceptors (Lipinski definition) is 7. The molecule has 9 nitrogen and oxygen atoms in total. The number of rotatable bonds is 8. The zero-order chi connectivity index (χ0) is 18.7. The van der Waals surface area contributed by atoms with Crippen LogP contribution in [-0.4, -0.2) is 64.7 Å². The van der Waals surface area contributed by atoms with Crippen LogP contribution < -0.4 is 0 Å². The van der Waals surface area contributed by atoms with Crippen LogP contribution in [0.5, 0.6) is 0 Å². The molecule has 140 valence electrons. The third-order valence-corrected chi connectivity index (χ3v) is 3.45. The predicted octanol–water partition coefficient (Wildman–Crippen LogP) is 0.646. The molecule has 0 saturated carbocycles. The van der Waals surface area contributed by atoms with Gasteiger partial charge in [0.25, 0.3) is 0 Å². The van der Waals surface area contributed by atoms with E-state index in [1.165, 1.54) is 13.3 Å². The smallest absolute Gasteiger partial charge is 0.356 e. The maximum Gasteiger partial charge on any atom is 0.356 e. The van der Waals surface area contributed by atoms with Gasteiger partial charge >= 0.3 is 5.97 Å². The average Bonchev–Trinajstić information content (AvgIpc) is 3.23. The Hall–Kier alpha value is -2.23. The first-order valence-corrected chi connectivity index (χ1v) is 7.78. The summed E-state index contributed by atoms with van der Waals surface area (Å²) in [6, 6.07) is 0. The summed E-state index contributed by atoms with van der Waals surface area (Å²) in [5.41, 5.74) is 0.318. The van der Waals surface area contributed by atoms with Crippen molar-refractivity contribution in [3.8, 4) is 0 Å². The second-order valence-electron chi connectivity index (χ2n) is 5.01. The van der Waals surface area contributed by atoms with E-state index in [9.17, 15) is 4.79 Å². The van der Waals surface area contributed by atoms with Crippen LogP contribution in [0.25, 0.3) is 0 Å². The van der Waals surface area contributed by atoms with E-state index >= 15 is 0 Å². The molecule has 0 saturated heterocycles. The Kier molecular flexibility index (Phi) is 9.45. The lowest BCUT2D eigenvalue weighted by Gasteiger charge is -2.08. The molecule has 9 heteroatoms. The number of carbonyl (C=O) groups excluding carboxylic acids is 1. The molecule has 0 aromatic carbocycles. The highest BCUT2D eigenvalue weighted by atomic mass is 16.5. The molecule has 2 aromatic heterocycles. The lowest BCUT2D eigenvalue weighted by atomic mass is 10.4. The minimum absolute atomic E-state index is 0.222. The molecule has 2 aromatic rings. The summed E-state index contributed by atoms with van der Waals surface area (Å²) in [4.78, 5) is 19.3. The number of aliphatic hydroxyl groups is 1. The van der Waals surface area contributed by atoms with E-state index in [1.807, 2.05) is 13.1 Å². The molecule has 0 fully saturated rings. The fourth-order valence-corrected chi connectivity index (χ4v) is 2.07. The molecule has 0 spiro atoms. The van der Waals surface area contributed by atoms with Crippen LogP contribution >= 0.6 is 0 Å². The molecular weight excluding hydrogens is 328 g/mol. The van der Waals surface area contributed by atoms with Crippen LogP contribution in [0, 0.1) is 6.92 Å². The number of hydrogen-bond donors (Lipinski definition) is 1. The lowest BCUT2D eigenvalue weighted by molar-refractivity contribution is 0.0585. The number of esters is 1. The molecule has 0 unspecified atom stereocenters. The Morgan fingerprint density at radius 3 is 2.36 bits per heavy atom. The Balaban J connectivity index is 0.000000271. The van der Waals surface area contributed by atoms with Gasteiger partial charge in [-0.2, -0.15) is 0 Å². The van der Waals surface area contributed by atoms with Crippen molar-refractivity contribution in [2.24, 2.45) is 0 Å². The highest BCUT2D eigenvalue weighted by Gasteiger charge is 2.15. The van der Waals surface area contributed by atoms with Gasteiger partial charge < -0.3 is 28.5 Å². The van der Waals surface area contributed by atoms with Crippen molar-refractivity contribution in [2.75, 3.05) is 34.5 Å². The number of aliphatic hydroxyl groups excluding tert-OH is 1. The Labute approximate surface area is 147 Å². The van der Waals surface area contributed by atoms with Gasteiger partial charge in [0, 0.05) is 39.7 Å². The van der Waals surface area contributed by atoms with Crippen LogP contribution in [0.2, 0.25) is 0 Å². The van der Waals surface area contributed by atoms with E-state index in [-0.39, 0.29) is 6.61 Å². The van der Waals surface area contributed by atoms with Crippen molar-refractivity contribution < 1.29 is 24.1 Å². The number of methoxy groups -OCH3 is 3. The van der Waals surface area contributed by atoms with E-state index in [0.717, 1.165) is 19.0 Å². The molecule has 0 atom stereocenters. The van der Waals surface area contributed by atoms with E-state index < -0.39 is 5.97 Å². The zero-order valence-corrected chi connectivity index (χ0v) is 15.1. The number of ether oxygens (including phenoxy) is 3. The summed E-state index contributed by atoms with van der Waals surface area (Å²) in [5.74, 6) is 0.989. The number of aryl methyl sites for hydroxylation is 1. The molecule has 0 bridgehead atoms. The summed E-state index contributed by atoms with van der Waals surface area (Å²) < 4.78 is 18.1. The van der Waals surface area contributed by atoms with Crippen molar-refractivity contribution >= 4 is 5.97 Å². The van der Waals surface area contributed by atoms with Gasteiger partial charge in [0.15, 0.2) is 0 Å². The normalized spacial score (nSPS) is 10.3. The molecule has 2 heterocycles. The zero-order valence-electron chi connectivity index (χ0n) is 15.1. The van der Waals surface area contributed by atoms with Gasteiger partial charge in [-0.15, -0.1) is 0 Å². The summed E-state index contributed by atoms with van der Waals surface area (Å²) in [7, 11) is 4.56. The third kappa shape index (κ3) is 6.29. The van der Waals surface area contributed by atoms with Crippen molar-refractivity contribution in [3.63, 3.8) is 0 Å². The van der Waals surface area contributed by atoms with Gasteiger partial charge in [-0.3, -0.25) is 0 Å². The van der Waals surface area contributed by atoms with Gasteiger partial charge in [-0.1, -0.05) is 0 Å². The predicted molar refractivity (Wildman–Crippen MR) is 90.2 cm³/mol.